The van der Waals surface area contributed by atoms with E-state index >= 15 is 0 Å². The highest BCUT2D eigenvalue weighted by atomic mass is 19.1. The van der Waals surface area contributed by atoms with Crippen molar-refractivity contribution in [1.82, 2.24) is 9.97 Å². The van der Waals surface area contributed by atoms with Crippen LogP contribution < -0.4 is 5.32 Å². The Morgan fingerprint density at radius 1 is 1.11 bits per heavy atom. The fourth-order valence-corrected chi connectivity index (χ4v) is 5.88. The first-order chi connectivity index (χ1) is 16.7. The quantitative estimate of drug-likeness (QED) is 0.497. The largest absolute Gasteiger partial charge is 0.378 e. The SMILES string of the molecule is CC(C)(O)C#Cc1ccc(NC(=O)CC2CC3CC(c4ccnc5ccc(F)cc45)C[C@@H]3C2)nc1. The van der Waals surface area contributed by atoms with Gasteiger partial charge in [-0.05, 0) is 105 Å². The van der Waals surface area contributed by atoms with Crippen LogP contribution in [-0.2, 0) is 4.79 Å². The molecule has 2 N–H and O–H groups in total. The van der Waals surface area contributed by atoms with Crippen LogP contribution in [-0.4, -0.2) is 26.6 Å². The molecule has 2 aliphatic rings. The first kappa shape index (κ1) is 23.4. The molecular weight excluding hydrogens is 441 g/mol. The summed E-state index contributed by atoms with van der Waals surface area (Å²) in [5.41, 5.74) is 1.69. The van der Waals surface area contributed by atoms with E-state index in [1.807, 2.05) is 12.3 Å². The molecule has 3 aromatic rings. The lowest BCUT2D eigenvalue weighted by atomic mass is 9.89. The molecule has 2 fully saturated rings. The maximum atomic E-state index is 13.9. The summed E-state index contributed by atoms with van der Waals surface area (Å²) in [6.07, 6.45) is 8.24. The maximum absolute atomic E-state index is 13.9. The topological polar surface area (TPSA) is 75.1 Å². The highest BCUT2D eigenvalue weighted by Gasteiger charge is 2.42. The molecule has 180 valence electrons. The van der Waals surface area contributed by atoms with Crippen molar-refractivity contribution in [2.45, 2.75) is 57.5 Å². The molecule has 0 aliphatic heterocycles. The summed E-state index contributed by atoms with van der Waals surface area (Å²) in [7, 11) is 0. The highest BCUT2D eigenvalue weighted by Crippen LogP contribution is 2.53. The molecular formula is C29H30FN3O2. The molecule has 3 unspecified atom stereocenters. The standard InChI is InChI=1S/C29H30FN3O2/c1-29(2,35)9-7-18-3-6-27(32-17-18)33-28(34)13-19-11-20-14-22(15-21(20)12-19)24-8-10-31-26-5-4-23(30)16-25(24)26/h3-6,8,10,16-17,19-22,35H,11-15H2,1-2H3,(H,32,33,34)/t19?,20-,21?,22?/m0/s1. The van der Waals surface area contributed by atoms with E-state index in [0.717, 1.165) is 36.6 Å². The fourth-order valence-electron chi connectivity index (χ4n) is 5.88. The second kappa shape index (κ2) is 9.39. The molecule has 0 saturated heterocycles. The van der Waals surface area contributed by atoms with Gasteiger partial charge in [-0.15, -0.1) is 0 Å². The predicted molar refractivity (Wildman–Crippen MR) is 134 cm³/mol. The van der Waals surface area contributed by atoms with Gasteiger partial charge in [-0.3, -0.25) is 9.78 Å². The molecule has 35 heavy (non-hydrogen) atoms. The van der Waals surface area contributed by atoms with Crippen LogP contribution in [0, 0.1) is 35.4 Å². The van der Waals surface area contributed by atoms with E-state index < -0.39 is 5.60 Å². The Morgan fingerprint density at radius 3 is 2.57 bits per heavy atom. The van der Waals surface area contributed by atoms with Crippen LogP contribution >= 0.6 is 0 Å². The van der Waals surface area contributed by atoms with Crippen LogP contribution in [0.15, 0.2) is 48.8 Å². The number of halogens is 1. The summed E-state index contributed by atoms with van der Waals surface area (Å²) in [6, 6.07) is 10.4. The Kier molecular flexibility index (Phi) is 6.29. The molecule has 1 aromatic carbocycles. The minimum absolute atomic E-state index is 0.00930. The molecule has 2 saturated carbocycles. The van der Waals surface area contributed by atoms with E-state index in [9.17, 15) is 14.3 Å². The van der Waals surface area contributed by atoms with Gasteiger partial charge in [0, 0.05) is 29.8 Å². The molecule has 5 rings (SSSR count). The van der Waals surface area contributed by atoms with Gasteiger partial charge in [0.25, 0.3) is 0 Å². The molecule has 0 radical (unpaired) electrons. The number of nitrogens with zero attached hydrogens (tertiary/aromatic N) is 2. The van der Waals surface area contributed by atoms with Gasteiger partial charge < -0.3 is 10.4 Å². The third-order valence-electron chi connectivity index (χ3n) is 7.31. The normalized spacial score (nSPS) is 23.5. The van der Waals surface area contributed by atoms with Gasteiger partial charge in [-0.1, -0.05) is 11.8 Å². The maximum Gasteiger partial charge on any atom is 0.225 e. The zero-order valence-electron chi connectivity index (χ0n) is 20.1. The Bertz CT molecular complexity index is 1290. The number of aromatic nitrogens is 2. The van der Waals surface area contributed by atoms with Crippen LogP contribution in [0.2, 0.25) is 0 Å². The van der Waals surface area contributed by atoms with Crippen LogP contribution in [0.3, 0.4) is 0 Å². The van der Waals surface area contributed by atoms with Gasteiger partial charge in [-0.25, -0.2) is 9.37 Å². The zero-order chi connectivity index (χ0) is 24.6. The Morgan fingerprint density at radius 2 is 1.89 bits per heavy atom. The molecule has 0 spiro atoms. The summed E-state index contributed by atoms with van der Waals surface area (Å²) in [4.78, 5) is 21.3. The first-order valence-electron chi connectivity index (χ1n) is 12.3. The smallest absolute Gasteiger partial charge is 0.225 e. The average Bonchev–Trinajstić information content (AvgIpc) is 3.36. The van der Waals surface area contributed by atoms with Crippen molar-refractivity contribution in [3.8, 4) is 11.8 Å². The number of rotatable bonds is 4. The van der Waals surface area contributed by atoms with Gasteiger partial charge >= 0.3 is 0 Å². The molecule has 5 nitrogen and oxygen atoms in total. The Balaban J connectivity index is 1.15. The summed E-state index contributed by atoms with van der Waals surface area (Å²) in [5.74, 6) is 7.94. The van der Waals surface area contributed by atoms with Crippen molar-refractivity contribution in [3.05, 3.63) is 65.7 Å². The third kappa shape index (κ3) is 5.52. The van der Waals surface area contributed by atoms with Crippen molar-refractivity contribution in [2.24, 2.45) is 17.8 Å². The molecule has 1 amide bonds. The Hall–Kier alpha value is -3.30. The number of anilines is 1. The summed E-state index contributed by atoms with van der Waals surface area (Å²) in [5, 5.41) is 13.5. The van der Waals surface area contributed by atoms with Gasteiger partial charge in [0.05, 0.1) is 5.52 Å². The lowest BCUT2D eigenvalue weighted by Crippen LogP contribution is -2.16. The van der Waals surface area contributed by atoms with Crippen LogP contribution in [0.1, 0.15) is 63.0 Å². The van der Waals surface area contributed by atoms with Gasteiger partial charge in [-0.2, -0.15) is 0 Å². The molecule has 0 bridgehead atoms. The summed E-state index contributed by atoms with van der Waals surface area (Å²) < 4.78 is 13.9. The van der Waals surface area contributed by atoms with Crippen molar-refractivity contribution >= 4 is 22.6 Å². The number of hydrogen-bond acceptors (Lipinski definition) is 4. The zero-order valence-corrected chi connectivity index (χ0v) is 20.1. The molecule has 2 aromatic heterocycles. The molecule has 2 heterocycles. The highest BCUT2D eigenvalue weighted by molar-refractivity contribution is 5.90. The van der Waals surface area contributed by atoms with Crippen LogP contribution in [0.4, 0.5) is 10.2 Å². The lowest BCUT2D eigenvalue weighted by molar-refractivity contribution is -0.117. The number of hydrogen-bond donors (Lipinski definition) is 2. The number of amides is 1. The molecule has 4 atom stereocenters. The van der Waals surface area contributed by atoms with Crippen molar-refractivity contribution in [3.63, 3.8) is 0 Å². The van der Waals surface area contributed by atoms with Gasteiger partial charge in [0.1, 0.15) is 17.2 Å². The van der Waals surface area contributed by atoms with Gasteiger partial charge in [0.2, 0.25) is 5.91 Å². The van der Waals surface area contributed by atoms with Crippen LogP contribution in [0.5, 0.6) is 0 Å². The van der Waals surface area contributed by atoms with Crippen molar-refractivity contribution in [2.75, 3.05) is 5.32 Å². The number of benzene rings is 1. The first-order valence-corrected chi connectivity index (χ1v) is 12.3. The van der Waals surface area contributed by atoms with E-state index in [-0.39, 0.29) is 11.7 Å². The number of aliphatic hydroxyl groups is 1. The Labute approximate surface area is 205 Å². The second-order valence-corrected chi connectivity index (χ2v) is 10.6. The van der Waals surface area contributed by atoms with Gasteiger partial charge in [0.15, 0.2) is 0 Å². The fraction of sp³-hybridized carbons (Fsp3) is 0.414. The number of pyridine rings is 2. The van der Waals surface area contributed by atoms with Crippen molar-refractivity contribution < 1.29 is 14.3 Å². The monoisotopic (exact) mass is 471 g/mol. The molecule has 2 aliphatic carbocycles. The van der Waals surface area contributed by atoms with E-state index in [2.05, 4.69) is 27.1 Å². The molecule has 6 heteroatoms. The number of fused-ring (bicyclic) bond motifs is 2. The third-order valence-corrected chi connectivity index (χ3v) is 7.31. The summed E-state index contributed by atoms with van der Waals surface area (Å²) in [6.45, 7) is 3.25. The number of carbonyl (C=O) groups excluding carboxylic acids is 1. The lowest BCUT2D eigenvalue weighted by Gasteiger charge is -2.17. The van der Waals surface area contributed by atoms with E-state index in [1.165, 1.54) is 11.6 Å². The van der Waals surface area contributed by atoms with Crippen molar-refractivity contribution in [1.29, 1.82) is 0 Å². The number of carbonyl (C=O) groups is 1. The average molecular weight is 472 g/mol. The summed E-state index contributed by atoms with van der Waals surface area (Å²) >= 11 is 0. The minimum atomic E-state index is -1.06. The minimum Gasteiger partial charge on any atom is -0.378 e. The van der Waals surface area contributed by atoms with Crippen LogP contribution in [0.25, 0.3) is 10.9 Å². The predicted octanol–water partition coefficient (Wildman–Crippen LogP) is 5.44. The van der Waals surface area contributed by atoms with E-state index in [1.54, 1.807) is 44.3 Å². The van der Waals surface area contributed by atoms with E-state index in [0.29, 0.717) is 41.5 Å². The second-order valence-electron chi connectivity index (χ2n) is 10.6. The van der Waals surface area contributed by atoms with E-state index in [4.69, 9.17) is 0 Å². The number of nitrogens with one attached hydrogen (secondary N) is 1.